The predicted octanol–water partition coefficient (Wildman–Crippen LogP) is 3.46. The summed E-state index contributed by atoms with van der Waals surface area (Å²) >= 11 is 0. The fourth-order valence-corrected chi connectivity index (χ4v) is 3.66. The zero-order valence-corrected chi connectivity index (χ0v) is 17.9. The summed E-state index contributed by atoms with van der Waals surface area (Å²) < 4.78 is 5.47. The molecule has 2 aromatic rings. The first-order chi connectivity index (χ1) is 14.0. The van der Waals surface area contributed by atoms with Crippen molar-refractivity contribution in [2.45, 2.75) is 33.4 Å². The van der Waals surface area contributed by atoms with Crippen molar-refractivity contribution in [3.05, 3.63) is 65.2 Å². The number of hydrogen-bond donors (Lipinski definition) is 1. The zero-order chi connectivity index (χ0) is 20.6. The third kappa shape index (κ3) is 6.67. The molecular formula is C24H33N3O2. The van der Waals surface area contributed by atoms with Crippen LogP contribution in [0.4, 0.5) is 5.69 Å². The van der Waals surface area contributed by atoms with E-state index in [0.29, 0.717) is 6.54 Å². The number of nitrogens with one attached hydrogen (secondary N) is 1. The molecule has 1 unspecified atom stereocenters. The lowest BCUT2D eigenvalue weighted by Gasteiger charge is -2.34. The Balaban J connectivity index is 1.65. The predicted molar refractivity (Wildman–Crippen MR) is 118 cm³/mol. The van der Waals surface area contributed by atoms with Crippen molar-refractivity contribution < 1.29 is 9.53 Å². The highest BCUT2D eigenvalue weighted by Gasteiger charge is 2.21. The molecule has 0 aromatic heterocycles. The van der Waals surface area contributed by atoms with Crippen LogP contribution in [0.25, 0.3) is 0 Å². The first kappa shape index (κ1) is 21.5. The molecule has 1 amide bonds. The topological polar surface area (TPSA) is 44.8 Å². The summed E-state index contributed by atoms with van der Waals surface area (Å²) in [7, 11) is 0. The average Bonchev–Trinajstić information content (AvgIpc) is 2.72. The number of carbonyl (C=O) groups excluding carboxylic acids is 1. The zero-order valence-electron chi connectivity index (χ0n) is 17.9. The minimum Gasteiger partial charge on any atom is -0.379 e. The fourth-order valence-electron chi connectivity index (χ4n) is 3.66. The van der Waals surface area contributed by atoms with E-state index in [0.717, 1.165) is 45.1 Å². The molecule has 156 valence electrons. The van der Waals surface area contributed by atoms with Crippen molar-refractivity contribution in [1.82, 2.24) is 9.80 Å². The van der Waals surface area contributed by atoms with Crippen LogP contribution in [0.1, 0.15) is 23.6 Å². The fraction of sp³-hybridized carbons (Fsp3) is 0.458. The molecule has 29 heavy (non-hydrogen) atoms. The number of nitrogens with zero attached hydrogens (tertiary/aromatic N) is 2. The molecule has 5 nitrogen and oxygen atoms in total. The van der Waals surface area contributed by atoms with Gasteiger partial charge in [-0.15, -0.1) is 0 Å². The number of anilines is 1. The van der Waals surface area contributed by atoms with E-state index in [-0.39, 0.29) is 11.9 Å². The Morgan fingerprint density at radius 1 is 1.10 bits per heavy atom. The molecule has 1 aliphatic rings. The van der Waals surface area contributed by atoms with Gasteiger partial charge in [-0.2, -0.15) is 0 Å². The van der Waals surface area contributed by atoms with Gasteiger partial charge in [-0.1, -0.05) is 36.4 Å². The van der Waals surface area contributed by atoms with Crippen molar-refractivity contribution in [2.75, 3.05) is 44.7 Å². The monoisotopic (exact) mass is 395 g/mol. The summed E-state index contributed by atoms with van der Waals surface area (Å²) in [5.74, 6) is 0.0259. The van der Waals surface area contributed by atoms with Gasteiger partial charge >= 0.3 is 0 Å². The largest absolute Gasteiger partial charge is 0.379 e. The first-order valence-corrected chi connectivity index (χ1v) is 10.5. The van der Waals surface area contributed by atoms with Crippen LogP contribution >= 0.6 is 0 Å². The van der Waals surface area contributed by atoms with Gasteiger partial charge in [0.05, 0.1) is 19.8 Å². The third-order valence-electron chi connectivity index (χ3n) is 5.62. The Hall–Kier alpha value is -2.21. The molecule has 1 aliphatic heterocycles. The van der Waals surface area contributed by atoms with Crippen LogP contribution in [-0.2, 0) is 16.1 Å². The van der Waals surface area contributed by atoms with Gasteiger partial charge in [0.2, 0.25) is 5.91 Å². The Morgan fingerprint density at radius 3 is 2.52 bits per heavy atom. The molecule has 3 rings (SSSR count). The number of ether oxygens (including phenoxy) is 1. The second-order valence-corrected chi connectivity index (χ2v) is 8.00. The maximum absolute atomic E-state index is 12.8. The summed E-state index contributed by atoms with van der Waals surface area (Å²) in [4.78, 5) is 17.5. The van der Waals surface area contributed by atoms with Crippen molar-refractivity contribution in [3.8, 4) is 0 Å². The molecule has 2 aromatic carbocycles. The molecule has 0 bridgehead atoms. The average molecular weight is 396 g/mol. The number of rotatable bonds is 8. The molecule has 0 spiro atoms. The highest BCUT2D eigenvalue weighted by Crippen LogP contribution is 2.15. The molecule has 1 saturated heterocycles. The van der Waals surface area contributed by atoms with E-state index < -0.39 is 0 Å². The number of benzene rings is 2. The molecule has 1 N–H and O–H groups in total. The van der Waals surface area contributed by atoms with Crippen LogP contribution in [0.5, 0.6) is 0 Å². The smallest absolute Gasteiger partial charge is 0.238 e. The summed E-state index contributed by atoms with van der Waals surface area (Å²) in [6, 6.07) is 16.7. The standard InChI is InChI=1S/C24H33N3O2/c1-19-9-10-23(15-20(19)2)25-24(28)18-27(17-22-7-5-4-6-8-22)21(3)16-26-11-13-29-14-12-26/h4-10,15,21H,11-14,16-18H2,1-3H3,(H,25,28). The number of carbonyl (C=O) groups is 1. The Bertz CT molecular complexity index is 788. The molecule has 1 atom stereocenters. The second kappa shape index (κ2) is 10.5. The number of morpholine rings is 1. The molecule has 1 heterocycles. The van der Waals surface area contributed by atoms with E-state index in [1.807, 2.05) is 24.3 Å². The highest BCUT2D eigenvalue weighted by molar-refractivity contribution is 5.92. The maximum Gasteiger partial charge on any atom is 0.238 e. The van der Waals surface area contributed by atoms with Crippen LogP contribution in [0.3, 0.4) is 0 Å². The lowest BCUT2D eigenvalue weighted by atomic mass is 10.1. The summed E-state index contributed by atoms with van der Waals surface area (Å²) in [5, 5.41) is 3.07. The quantitative estimate of drug-likeness (QED) is 0.743. The van der Waals surface area contributed by atoms with Gasteiger partial charge in [0.25, 0.3) is 0 Å². The number of aryl methyl sites for hydroxylation is 2. The molecule has 5 heteroatoms. The molecule has 0 saturated carbocycles. The summed E-state index contributed by atoms with van der Waals surface area (Å²) in [5.41, 5.74) is 4.50. The van der Waals surface area contributed by atoms with Gasteiger partial charge in [0, 0.05) is 37.9 Å². The highest BCUT2D eigenvalue weighted by atomic mass is 16.5. The SMILES string of the molecule is Cc1ccc(NC(=O)CN(Cc2ccccc2)C(C)CN2CCOCC2)cc1C. The Morgan fingerprint density at radius 2 is 1.83 bits per heavy atom. The Labute approximate surface area is 174 Å². The lowest BCUT2D eigenvalue weighted by Crippen LogP contribution is -2.47. The van der Waals surface area contributed by atoms with Crippen molar-refractivity contribution >= 4 is 11.6 Å². The van der Waals surface area contributed by atoms with Gasteiger partial charge in [-0.3, -0.25) is 14.6 Å². The third-order valence-corrected chi connectivity index (χ3v) is 5.62. The minimum absolute atomic E-state index is 0.0259. The molecule has 1 fully saturated rings. The van der Waals surface area contributed by atoms with Crippen LogP contribution in [0.15, 0.2) is 48.5 Å². The van der Waals surface area contributed by atoms with Crippen LogP contribution in [0, 0.1) is 13.8 Å². The van der Waals surface area contributed by atoms with E-state index in [9.17, 15) is 4.79 Å². The summed E-state index contributed by atoms with van der Waals surface area (Å²) in [6.45, 7) is 11.9. The maximum atomic E-state index is 12.8. The summed E-state index contributed by atoms with van der Waals surface area (Å²) in [6.07, 6.45) is 0. The molecule has 0 radical (unpaired) electrons. The van der Waals surface area contributed by atoms with Gasteiger partial charge in [-0.05, 0) is 49.6 Å². The van der Waals surface area contributed by atoms with Gasteiger partial charge in [0.15, 0.2) is 0 Å². The van der Waals surface area contributed by atoms with Gasteiger partial charge in [0.1, 0.15) is 0 Å². The van der Waals surface area contributed by atoms with E-state index in [4.69, 9.17) is 4.74 Å². The second-order valence-electron chi connectivity index (χ2n) is 8.00. The first-order valence-electron chi connectivity index (χ1n) is 10.5. The van der Waals surface area contributed by atoms with E-state index >= 15 is 0 Å². The van der Waals surface area contributed by atoms with E-state index in [2.05, 4.69) is 60.2 Å². The van der Waals surface area contributed by atoms with Crippen molar-refractivity contribution in [1.29, 1.82) is 0 Å². The molecule has 0 aliphatic carbocycles. The minimum atomic E-state index is 0.0259. The number of hydrogen-bond acceptors (Lipinski definition) is 4. The Kier molecular flexibility index (Phi) is 7.81. The molecular weight excluding hydrogens is 362 g/mol. The van der Waals surface area contributed by atoms with E-state index in [1.165, 1.54) is 16.7 Å². The normalized spacial score (nSPS) is 16.0. The van der Waals surface area contributed by atoms with Crippen molar-refractivity contribution in [3.63, 3.8) is 0 Å². The number of amides is 1. The van der Waals surface area contributed by atoms with Crippen LogP contribution in [-0.4, -0.2) is 61.1 Å². The van der Waals surface area contributed by atoms with Crippen LogP contribution < -0.4 is 5.32 Å². The van der Waals surface area contributed by atoms with Gasteiger partial charge < -0.3 is 10.1 Å². The van der Waals surface area contributed by atoms with Crippen LogP contribution in [0.2, 0.25) is 0 Å². The van der Waals surface area contributed by atoms with E-state index in [1.54, 1.807) is 0 Å². The van der Waals surface area contributed by atoms with Crippen molar-refractivity contribution in [2.24, 2.45) is 0 Å². The lowest BCUT2D eigenvalue weighted by molar-refractivity contribution is -0.118. The van der Waals surface area contributed by atoms with Gasteiger partial charge in [-0.25, -0.2) is 0 Å².